The van der Waals surface area contributed by atoms with E-state index in [2.05, 4.69) is 10.3 Å². The van der Waals surface area contributed by atoms with Crippen LogP contribution in [0, 0.1) is 6.92 Å². The first kappa shape index (κ1) is 22.9. The molecule has 10 heteroatoms. The summed E-state index contributed by atoms with van der Waals surface area (Å²) < 4.78 is 27.1. The second-order valence-electron chi connectivity index (χ2n) is 8.70. The number of aryl methyl sites for hydroxylation is 1. The van der Waals surface area contributed by atoms with Gasteiger partial charge in [-0.15, -0.1) is 0 Å². The third-order valence-electron chi connectivity index (χ3n) is 6.61. The first-order valence-corrected chi connectivity index (χ1v) is 11.2. The number of likely N-dealkylation sites (tertiary alicyclic amines) is 1. The fourth-order valence-electron chi connectivity index (χ4n) is 4.69. The molecule has 32 heavy (non-hydrogen) atoms. The minimum Gasteiger partial charge on any atom is -0.385 e. The standard InChI is InChI=1S/C22H32N4O6/c1-15-17(13-29-3)18(24-31-15)20(27)26-9-4-7-22(14-26,8-12-28-2)21-23-19(32-25-21)16-5-10-30-11-6-16/h16H,4-14H2,1-3H3. The number of amides is 1. The predicted molar refractivity (Wildman–Crippen MR) is 112 cm³/mol. The van der Waals surface area contributed by atoms with Crippen molar-refractivity contribution >= 4 is 5.91 Å². The largest absolute Gasteiger partial charge is 0.385 e. The van der Waals surface area contributed by atoms with Gasteiger partial charge in [0.15, 0.2) is 11.5 Å². The Kier molecular flexibility index (Phi) is 7.22. The topological polar surface area (TPSA) is 113 Å². The highest BCUT2D eigenvalue weighted by Crippen LogP contribution is 2.38. The molecule has 0 radical (unpaired) electrons. The summed E-state index contributed by atoms with van der Waals surface area (Å²) in [6, 6.07) is 0. The zero-order valence-electron chi connectivity index (χ0n) is 19.1. The lowest BCUT2D eigenvalue weighted by molar-refractivity contribution is 0.0554. The first-order chi connectivity index (χ1) is 15.6. The normalized spacial score (nSPS) is 22.4. The molecule has 2 aromatic heterocycles. The van der Waals surface area contributed by atoms with E-state index >= 15 is 0 Å². The molecule has 0 aliphatic carbocycles. The smallest absolute Gasteiger partial charge is 0.276 e. The highest BCUT2D eigenvalue weighted by atomic mass is 16.5. The van der Waals surface area contributed by atoms with Crippen LogP contribution in [-0.4, -0.2) is 73.2 Å². The molecule has 1 atom stereocenters. The van der Waals surface area contributed by atoms with Gasteiger partial charge >= 0.3 is 0 Å². The Morgan fingerprint density at radius 1 is 1.19 bits per heavy atom. The average Bonchev–Trinajstić information content (AvgIpc) is 3.46. The molecule has 1 amide bonds. The van der Waals surface area contributed by atoms with Crippen molar-refractivity contribution in [2.75, 3.05) is 47.1 Å². The van der Waals surface area contributed by atoms with Crippen LogP contribution in [0.1, 0.15) is 71.5 Å². The van der Waals surface area contributed by atoms with E-state index in [0.717, 1.165) is 25.7 Å². The van der Waals surface area contributed by atoms with E-state index in [9.17, 15) is 4.79 Å². The van der Waals surface area contributed by atoms with E-state index in [4.69, 9.17) is 28.2 Å². The molecule has 2 aliphatic heterocycles. The number of aromatic nitrogens is 3. The van der Waals surface area contributed by atoms with Crippen molar-refractivity contribution < 1.29 is 28.1 Å². The van der Waals surface area contributed by atoms with E-state index in [0.29, 0.717) is 68.1 Å². The van der Waals surface area contributed by atoms with E-state index < -0.39 is 5.41 Å². The molecule has 2 aliphatic rings. The molecular formula is C22H32N4O6. The lowest BCUT2D eigenvalue weighted by atomic mass is 9.76. The van der Waals surface area contributed by atoms with Gasteiger partial charge in [-0.1, -0.05) is 10.3 Å². The number of carbonyl (C=O) groups excluding carboxylic acids is 1. The lowest BCUT2D eigenvalue weighted by Crippen LogP contribution is -2.50. The maximum atomic E-state index is 13.4. The van der Waals surface area contributed by atoms with Crippen molar-refractivity contribution in [2.24, 2.45) is 0 Å². The van der Waals surface area contributed by atoms with Crippen molar-refractivity contribution in [1.29, 1.82) is 0 Å². The summed E-state index contributed by atoms with van der Waals surface area (Å²) >= 11 is 0. The van der Waals surface area contributed by atoms with E-state index in [-0.39, 0.29) is 18.4 Å². The number of hydrogen-bond donors (Lipinski definition) is 0. The van der Waals surface area contributed by atoms with Crippen LogP contribution < -0.4 is 0 Å². The first-order valence-electron chi connectivity index (χ1n) is 11.2. The Balaban J connectivity index is 1.58. The Morgan fingerprint density at radius 2 is 2.00 bits per heavy atom. The average molecular weight is 449 g/mol. The van der Waals surface area contributed by atoms with Gasteiger partial charge in [0.1, 0.15) is 5.76 Å². The fraction of sp³-hybridized carbons (Fsp3) is 0.727. The number of hydrogen-bond acceptors (Lipinski definition) is 9. The molecule has 0 bridgehead atoms. The van der Waals surface area contributed by atoms with Gasteiger partial charge in [0.25, 0.3) is 5.91 Å². The van der Waals surface area contributed by atoms with Gasteiger partial charge in [-0.25, -0.2) is 0 Å². The van der Waals surface area contributed by atoms with Gasteiger partial charge in [-0.2, -0.15) is 4.98 Å². The minimum absolute atomic E-state index is 0.163. The summed E-state index contributed by atoms with van der Waals surface area (Å²) in [6.45, 7) is 5.13. The molecule has 0 aromatic carbocycles. The van der Waals surface area contributed by atoms with Crippen molar-refractivity contribution in [1.82, 2.24) is 20.2 Å². The van der Waals surface area contributed by atoms with Gasteiger partial charge in [0, 0.05) is 53.0 Å². The van der Waals surface area contributed by atoms with Gasteiger partial charge in [-0.05, 0) is 39.0 Å². The number of ether oxygens (including phenoxy) is 3. The predicted octanol–water partition coefficient (Wildman–Crippen LogP) is 2.62. The number of piperidine rings is 1. The highest BCUT2D eigenvalue weighted by Gasteiger charge is 2.43. The molecular weight excluding hydrogens is 416 g/mol. The van der Waals surface area contributed by atoms with Crippen molar-refractivity contribution in [3.05, 3.63) is 28.7 Å². The van der Waals surface area contributed by atoms with Crippen molar-refractivity contribution in [3.8, 4) is 0 Å². The molecule has 2 aromatic rings. The third-order valence-corrected chi connectivity index (χ3v) is 6.61. The van der Waals surface area contributed by atoms with Crippen LogP contribution in [0.25, 0.3) is 0 Å². The van der Waals surface area contributed by atoms with Crippen molar-refractivity contribution in [3.63, 3.8) is 0 Å². The zero-order chi connectivity index (χ0) is 22.6. The molecule has 176 valence electrons. The molecule has 10 nitrogen and oxygen atoms in total. The molecule has 4 rings (SSSR count). The molecule has 4 heterocycles. The molecule has 2 fully saturated rings. The van der Waals surface area contributed by atoms with Crippen LogP contribution in [0.2, 0.25) is 0 Å². The second-order valence-corrected chi connectivity index (χ2v) is 8.70. The van der Waals surface area contributed by atoms with Crippen LogP contribution in [0.15, 0.2) is 9.05 Å². The Labute approximate surface area is 187 Å². The number of rotatable bonds is 8. The van der Waals surface area contributed by atoms with Gasteiger partial charge in [0.2, 0.25) is 5.89 Å². The molecule has 1 unspecified atom stereocenters. The van der Waals surface area contributed by atoms with E-state index in [1.165, 1.54) is 0 Å². The Hall–Kier alpha value is -2.30. The zero-order valence-corrected chi connectivity index (χ0v) is 19.1. The number of carbonyl (C=O) groups is 1. The summed E-state index contributed by atoms with van der Waals surface area (Å²) in [4.78, 5) is 20.0. The van der Waals surface area contributed by atoms with Crippen molar-refractivity contribution in [2.45, 2.75) is 57.0 Å². The van der Waals surface area contributed by atoms with Crippen LogP contribution >= 0.6 is 0 Å². The van der Waals surface area contributed by atoms with Crippen LogP contribution in [0.5, 0.6) is 0 Å². The molecule has 0 saturated carbocycles. The van der Waals surface area contributed by atoms with Crippen LogP contribution in [-0.2, 0) is 26.2 Å². The minimum atomic E-state index is -0.433. The molecule has 0 N–H and O–H groups in total. The Bertz CT molecular complexity index is 906. The summed E-state index contributed by atoms with van der Waals surface area (Å²) in [5, 5.41) is 8.41. The highest BCUT2D eigenvalue weighted by molar-refractivity contribution is 5.94. The molecule has 2 saturated heterocycles. The SMILES string of the molecule is COCCC1(c2noc(C3CCOCC3)n2)CCCN(C(=O)c2noc(C)c2COC)C1. The summed E-state index contributed by atoms with van der Waals surface area (Å²) in [6.07, 6.45) is 4.14. The summed E-state index contributed by atoms with van der Waals surface area (Å²) in [5.41, 5.74) is 0.562. The second kappa shape index (κ2) is 10.1. The van der Waals surface area contributed by atoms with Crippen LogP contribution in [0.3, 0.4) is 0 Å². The number of methoxy groups -OCH3 is 2. The quantitative estimate of drug-likeness (QED) is 0.601. The maximum absolute atomic E-state index is 13.4. The Morgan fingerprint density at radius 3 is 2.75 bits per heavy atom. The van der Waals surface area contributed by atoms with E-state index in [1.807, 2.05) is 4.90 Å². The van der Waals surface area contributed by atoms with Gasteiger partial charge in [-0.3, -0.25) is 4.79 Å². The van der Waals surface area contributed by atoms with Gasteiger partial charge < -0.3 is 28.2 Å². The lowest BCUT2D eigenvalue weighted by Gasteiger charge is -2.40. The monoisotopic (exact) mass is 448 g/mol. The maximum Gasteiger partial charge on any atom is 0.276 e. The summed E-state index contributed by atoms with van der Waals surface area (Å²) in [5.74, 6) is 1.97. The summed E-state index contributed by atoms with van der Waals surface area (Å²) in [7, 11) is 3.27. The van der Waals surface area contributed by atoms with Crippen LogP contribution in [0.4, 0.5) is 0 Å². The third kappa shape index (κ3) is 4.57. The van der Waals surface area contributed by atoms with E-state index in [1.54, 1.807) is 21.1 Å². The van der Waals surface area contributed by atoms with Gasteiger partial charge in [0.05, 0.1) is 17.6 Å². The fourth-order valence-corrected chi connectivity index (χ4v) is 4.69. The number of nitrogens with zero attached hydrogens (tertiary/aromatic N) is 4. The molecule has 0 spiro atoms.